The third-order valence-corrected chi connectivity index (χ3v) is 3.46. The van der Waals surface area contributed by atoms with Gasteiger partial charge in [0.25, 0.3) is 0 Å². The number of nitrogens with zero attached hydrogens (tertiary/aromatic N) is 4. The predicted molar refractivity (Wildman–Crippen MR) is 75.3 cm³/mol. The van der Waals surface area contributed by atoms with E-state index in [9.17, 15) is 13.6 Å². The van der Waals surface area contributed by atoms with Gasteiger partial charge in [-0.05, 0) is 42.5 Å². The number of esters is 1. The van der Waals surface area contributed by atoms with Crippen LogP contribution in [0.2, 0.25) is 0 Å². The van der Waals surface area contributed by atoms with Crippen LogP contribution in [0, 0.1) is 11.6 Å². The third kappa shape index (κ3) is 2.54. The molecule has 1 atom stereocenters. The molecule has 0 aliphatic carbocycles. The lowest BCUT2D eigenvalue weighted by Gasteiger charge is -2.27. The lowest BCUT2D eigenvalue weighted by molar-refractivity contribution is -0.139. The Hall–Kier alpha value is -2.84. The van der Waals surface area contributed by atoms with E-state index >= 15 is 0 Å². The molecule has 120 valence electrons. The molecule has 0 saturated carbocycles. The summed E-state index contributed by atoms with van der Waals surface area (Å²) in [4.78, 5) is 12.3. The van der Waals surface area contributed by atoms with Crippen molar-refractivity contribution in [2.24, 2.45) is 0 Å². The van der Waals surface area contributed by atoms with Gasteiger partial charge in [-0.25, -0.2) is 13.6 Å². The van der Waals surface area contributed by atoms with Crippen LogP contribution in [0.25, 0.3) is 0 Å². The molecule has 0 fully saturated rings. The van der Waals surface area contributed by atoms with Crippen LogP contribution in [0.15, 0.2) is 29.5 Å². The van der Waals surface area contributed by atoms with Crippen LogP contribution in [0.1, 0.15) is 25.5 Å². The summed E-state index contributed by atoms with van der Waals surface area (Å²) in [6, 6.07) is 2.00. The highest BCUT2D eigenvalue weighted by Gasteiger charge is 2.36. The van der Waals surface area contributed by atoms with Gasteiger partial charge in [0.05, 0.1) is 12.2 Å². The molecule has 0 saturated heterocycles. The zero-order valence-electron chi connectivity index (χ0n) is 12.4. The zero-order valence-corrected chi connectivity index (χ0v) is 12.4. The molecule has 0 amide bonds. The van der Waals surface area contributed by atoms with Crippen LogP contribution >= 0.6 is 0 Å². The van der Waals surface area contributed by atoms with Crippen molar-refractivity contribution in [1.82, 2.24) is 20.2 Å². The van der Waals surface area contributed by atoms with Gasteiger partial charge < -0.3 is 10.1 Å². The van der Waals surface area contributed by atoms with Crippen molar-refractivity contribution in [2.75, 3.05) is 11.9 Å². The zero-order chi connectivity index (χ0) is 16.6. The van der Waals surface area contributed by atoms with E-state index in [2.05, 4.69) is 20.8 Å². The van der Waals surface area contributed by atoms with Crippen LogP contribution in [0.4, 0.5) is 14.7 Å². The highest BCUT2D eigenvalue weighted by atomic mass is 19.1. The first-order chi connectivity index (χ1) is 11.0. The summed E-state index contributed by atoms with van der Waals surface area (Å²) in [7, 11) is 0. The van der Waals surface area contributed by atoms with E-state index in [0.29, 0.717) is 5.70 Å². The topological polar surface area (TPSA) is 81.9 Å². The fourth-order valence-corrected chi connectivity index (χ4v) is 2.50. The van der Waals surface area contributed by atoms with E-state index in [4.69, 9.17) is 4.74 Å². The summed E-state index contributed by atoms with van der Waals surface area (Å²) < 4.78 is 34.1. The lowest BCUT2D eigenvalue weighted by atomic mass is 9.95. The Kier molecular flexibility index (Phi) is 3.77. The van der Waals surface area contributed by atoms with Gasteiger partial charge >= 0.3 is 5.97 Å². The van der Waals surface area contributed by atoms with Crippen LogP contribution in [0.3, 0.4) is 0 Å². The molecule has 0 spiro atoms. The van der Waals surface area contributed by atoms with Crippen molar-refractivity contribution in [3.63, 3.8) is 0 Å². The van der Waals surface area contributed by atoms with E-state index < -0.39 is 23.6 Å². The van der Waals surface area contributed by atoms with Gasteiger partial charge in [-0.1, -0.05) is 5.10 Å². The number of halogens is 2. The van der Waals surface area contributed by atoms with E-state index in [1.807, 2.05) is 0 Å². The molecular formula is C14H13F2N5O2. The maximum Gasteiger partial charge on any atom is 0.338 e. The van der Waals surface area contributed by atoms with Crippen LogP contribution in [-0.4, -0.2) is 32.8 Å². The quantitative estimate of drug-likeness (QED) is 0.868. The van der Waals surface area contributed by atoms with Gasteiger partial charge in [-0.2, -0.15) is 4.68 Å². The molecule has 1 aliphatic rings. The molecule has 1 unspecified atom stereocenters. The minimum absolute atomic E-state index is 0.0533. The maximum absolute atomic E-state index is 14.3. The number of carbonyl (C=O) groups is 1. The molecule has 1 aliphatic heterocycles. The van der Waals surface area contributed by atoms with E-state index in [-0.39, 0.29) is 23.7 Å². The van der Waals surface area contributed by atoms with Crippen molar-refractivity contribution in [3.8, 4) is 0 Å². The monoisotopic (exact) mass is 321 g/mol. The summed E-state index contributed by atoms with van der Waals surface area (Å²) in [5.41, 5.74) is 0.484. The number of tetrazole rings is 1. The number of anilines is 1. The van der Waals surface area contributed by atoms with Crippen molar-refractivity contribution in [3.05, 3.63) is 46.7 Å². The first-order valence-electron chi connectivity index (χ1n) is 6.90. The second-order valence-corrected chi connectivity index (χ2v) is 4.90. The largest absolute Gasteiger partial charge is 0.463 e. The molecule has 1 N–H and O–H groups in total. The van der Waals surface area contributed by atoms with Crippen molar-refractivity contribution < 1.29 is 18.3 Å². The van der Waals surface area contributed by atoms with Gasteiger partial charge in [0.2, 0.25) is 5.95 Å². The maximum atomic E-state index is 14.3. The molecule has 0 bridgehead atoms. The lowest BCUT2D eigenvalue weighted by Crippen LogP contribution is -2.30. The standard InChI is InChI=1S/C14H13F2N5O2/c1-3-23-13(22)11-7(2)17-14-18-19-20-21(14)12(11)9-6-8(15)4-5-10(9)16/h4-6,12H,3H2,1-2H3,(H,17,18,20). The van der Waals surface area contributed by atoms with E-state index in [0.717, 1.165) is 18.2 Å². The average molecular weight is 321 g/mol. The highest BCUT2D eigenvalue weighted by molar-refractivity contribution is 5.92. The normalized spacial score (nSPS) is 16.8. The van der Waals surface area contributed by atoms with Crippen molar-refractivity contribution >= 4 is 11.9 Å². The molecule has 1 aromatic heterocycles. The van der Waals surface area contributed by atoms with Gasteiger partial charge in [0.15, 0.2) is 0 Å². The number of carbonyl (C=O) groups excluding carboxylic acids is 1. The van der Waals surface area contributed by atoms with Crippen LogP contribution < -0.4 is 5.32 Å². The van der Waals surface area contributed by atoms with Crippen LogP contribution in [-0.2, 0) is 9.53 Å². The minimum Gasteiger partial charge on any atom is -0.463 e. The summed E-state index contributed by atoms with van der Waals surface area (Å²) >= 11 is 0. The summed E-state index contributed by atoms with van der Waals surface area (Å²) in [5, 5.41) is 13.9. The van der Waals surface area contributed by atoms with E-state index in [1.54, 1.807) is 13.8 Å². The first kappa shape index (κ1) is 15.1. The highest BCUT2D eigenvalue weighted by Crippen LogP contribution is 2.36. The number of hydrogen-bond acceptors (Lipinski definition) is 6. The number of aromatic nitrogens is 4. The van der Waals surface area contributed by atoms with Crippen molar-refractivity contribution in [1.29, 1.82) is 0 Å². The smallest absolute Gasteiger partial charge is 0.338 e. The Balaban J connectivity index is 2.20. The number of rotatable bonds is 3. The Morgan fingerprint density at radius 3 is 2.96 bits per heavy atom. The Morgan fingerprint density at radius 1 is 1.43 bits per heavy atom. The van der Waals surface area contributed by atoms with Gasteiger partial charge in [-0.3, -0.25) is 0 Å². The molecule has 3 rings (SSSR count). The third-order valence-electron chi connectivity index (χ3n) is 3.46. The van der Waals surface area contributed by atoms with Crippen molar-refractivity contribution in [2.45, 2.75) is 19.9 Å². The van der Waals surface area contributed by atoms with Crippen LogP contribution in [0.5, 0.6) is 0 Å². The predicted octanol–water partition coefficient (Wildman–Crippen LogP) is 1.80. The summed E-state index contributed by atoms with van der Waals surface area (Å²) in [6.45, 7) is 3.43. The summed E-state index contributed by atoms with van der Waals surface area (Å²) in [5.74, 6) is -1.72. The molecule has 1 aromatic carbocycles. The Labute approximate surface area is 129 Å². The fourth-order valence-electron chi connectivity index (χ4n) is 2.50. The molecule has 0 radical (unpaired) electrons. The Morgan fingerprint density at radius 2 is 2.22 bits per heavy atom. The number of benzene rings is 1. The molecule has 9 heteroatoms. The second-order valence-electron chi connectivity index (χ2n) is 4.90. The number of hydrogen-bond donors (Lipinski definition) is 1. The average Bonchev–Trinajstić information content (AvgIpc) is 2.96. The van der Waals surface area contributed by atoms with Gasteiger partial charge in [-0.15, -0.1) is 0 Å². The molecule has 2 aromatic rings. The number of ether oxygens (including phenoxy) is 1. The molecular weight excluding hydrogens is 308 g/mol. The minimum atomic E-state index is -1.02. The number of allylic oxidation sites excluding steroid dienone is 1. The number of nitrogens with one attached hydrogen (secondary N) is 1. The van der Waals surface area contributed by atoms with E-state index in [1.165, 1.54) is 4.68 Å². The van der Waals surface area contributed by atoms with Gasteiger partial charge in [0.1, 0.15) is 17.7 Å². The second kappa shape index (κ2) is 5.75. The fraction of sp³-hybridized carbons (Fsp3) is 0.286. The Bertz CT molecular complexity index is 802. The molecule has 2 heterocycles. The first-order valence-corrected chi connectivity index (χ1v) is 6.90. The number of fused-ring (bicyclic) bond motifs is 1. The molecule has 23 heavy (non-hydrogen) atoms. The summed E-state index contributed by atoms with van der Waals surface area (Å²) in [6.07, 6.45) is 0. The SMILES string of the molecule is CCOC(=O)C1=C(C)Nc2nnnn2C1c1cc(F)ccc1F. The molecule has 7 nitrogen and oxygen atoms in total. The van der Waals surface area contributed by atoms with Gasteiger partial charge in [0, 0.05) is 11.3 Å².